The number of piperazine rings is 1. The molecule has 2 N–H and O–H groups in total. The summed E-state index contributed by atoms with van der Waals surface area (Å²) in [7, 11) is 0. The minimum atomic E-state index is -0.304. The van der Waals surface area contributed by atoms with Crippen LogP contribution in [0.5, 0.6) is 5.75 Å². The van der Waals surface area contributed by atoms with Crippen molar-refractivity contribution in [2.75, 3.05) is 51.2 Å². The summed E-state index contributed by atoms with van der Waals surface area (Å²) in [5.74, 6) is 1.10. The molecule has 178 valence electrons. The zero-order valence-electron chi connectivity index (χ0n) is 19.1. The summed E-state index contributed by atoms with van der Waals surface area (Å²) in [6.07, 6.45) is 2.04. The van der Waals surface area contributed by atoms with E-state index in [1.807, 2.05) is 4.90 Å². The minimum absolute atomic E-state index is 0.0699. The average Bonchev–Trinajstić information content (AvgIpc) is 3.22. The highest BCUT2D eigenvalue weighted by Crippen LogP contribution is 2.13. The number of anilines is 1. The number of benzene rings is 1. The van der Waals surface area contributed by atoms with Crippen LogP contribution in [0.3, 0.4) is 0 Å². The van der Waals surface area contributed by atoms with E-state index in [2.05, 4.69) is 22.7 Å². The molecular weight excluding hydrogens is 426 g/mol. The Labute approximate surface area is 193 Å². The van der Waals surface area contributed by atoms with Crippen LogP contribution in [0.15, 0.2) is 34.9 Å². The van der Waals surface area contributed by atoms with Crippen LogP contribution in [-0.4, -0.2) is 78.6 Å². The topological polar surface area (TPSA) is 117 Å². The molecule has 1 fully saturated rings. The quantitative estimate of drug-likeness (QED) is 0.521. The van der Waals surface area contributed by atoms with Crippen molar-refractivity contribution in [3.8, 4) is 5.75 Å². The number of ether oxygens (including phenoxy) is 1. The number of rotatable bonds is 10. The van der Waals surface area contributed by atoms with Gasteiger partial charge in [0.15, 0.2) is 5.82 Å². The fourth-order valence-electron chi connectivity index (χ4n) is 3.37. The highest BCUT2D eigenvalue weighted by molar-refractivity contribution is 5.96. The maximum Gasteiger partial charge on any atom is 0.251 e. The first kappa shape index (κ1) is 24.2. The van der Waals surface area contributed by atoms with Crippen LogP contribution in [0.25, 0.3) is 0 Å². The summed E-state index contributed by atoms with van der Waals surface area (Å²) in [6.45, 7) is 6.78. The van der Waals surface area contributed by atoms with Gasteiger partial charge >= 0.3 is 0 Å². The molecule has 3 amide bonds. The third kappa shape index (κ3) is 7.60. The number of nitrogens with zero attached hydrogens (tertiary/aromatic N) is 3. The van der Waals surface area contributed by atoms with Crippen LogP contribution in [0.2, 0.25) is 0 Å². The van der Waals surface area contributed by atoms with Gasteiger partial charge in [0.05, 0.1) is 19.7 Å². The number of hydrogen-bond donors (Lipinski definition) is 2. The second kappa shape index (κ2) is 12.0. The average molecular weight is 458 g/mol. The fraction of sp³-hybridized carbons (Fsp3) is 0.478. The number of aryl methyl sites for hydroxylation is 1. The Kier molecular flexibility index (Phi) is 8.82. The van der Waals surface area contributed by atoms with Crippen molar-refractivity contribution in [3.05, 3.63) is 41.7 Å². The van der Waals surface area contributed by atoms with Crippen LogP contribution >= 0.6 is 0 Å². The molecule has 10 nitrogen and oxygen atoms in total. The number of carbonyl (C=O) groups is 3. The van der Waals surface area contributed by atoms with Gasteiger partial charge < -0.3 is 24.8 Å². The lowest BCUT2D eigenvalue weighted by Crippen LogP contribution is -2.52. The van der Waals surface area contributed by atoms with E-state index in [4.69, 9.17) is 9.26 Å². The van der Waals surface area contributed by atoms with E-state index in [0.29, 0.717) is 49.9 Å². The monoisotopic (exact) mass is 457 g/mol. The predicted molar refractivity (Wildman–Crippen MR) is 122 cm³/mol. The molecule has 0 radical (unpaired) electrons. The summed E-state index contributed by atoms with van der Waals surface area (Å²) in [5.41, 5.74) is 0.476. The number of carbonyl (C=O) groups excluding carboxylic acids is 3. The highest BCUT2D eigenvalue weighted by atomic mass is 16.5. The second-order valence-electron chi connectivity index (χ2n) is 7.94. The fourth-order valence-corrected chi connectivity index (χ4v) is 3.37. The van der Waals surface area contributed by atoms with E-state index in [-0.39, 0.29) is 30.8 Å². The molecule has 0 aliphatic carbocycles. The molecular formula is C23H31N5O5. The number of unbranched alkanes of at least 4 members (excludes halogenated alkanes) is 1. The smallest absolute Gasteiger partial charge is 0.251 e. The Morgan fingerprint density at radius 2 is 1.85 bits per heavy atom. The van der Waals surface area contributed by atoms with Gasteiger partial charge in [-0.15, -0.1) is 0 Å². The van der Waals surface area contributed by atoms with Gasteiger partial charge in [-0.3, -0.25) is 19.3 Å². The van der Waals surface area contributed by atoms with Crippen molar-refractivity contribution < 1.29 is 23.6 Å². The molecule has 1 aliphatic heterocycles. The molecule has 0 atom stereocenters. The van der Waals surface area contributed by atoms with Crippen LogP contribution in [-0.2, 0) is 9.59 Å². The maximum absolute atomic E-state index is 12.5. The molecule has 1 aromatic carbocycles. The molecule has 2 heterocycles. The Hall–Kier alpha value is -3.40. The van der Waals surface area contributed by atoms with Crippen LogP contribution < -0.4 is 15.4 Å². The lowest BCUT2D eigenvalue weighted by Gasteiger charge is -2.34. The van der Waals surface area contributed by atoms with Crippen molar-refractivity contribution in [2.45, 2.75) is 26.7 Å². The zero-order valence-corrected chi connectivity index (χ0v) is 19.1. The summed E-state index contributed by atoms with van der Waals surface area (Å²) < 4.78 is 10.5. The van der Waals surface area contributed by atoms with E-state index in [1.165, 1.54) is 0 Å². The first-order chi connectivity index (χ1) is 15.9. The number of amides is 3. The summed E-state index contributed by atoms with van der Waals surface area (Å²) in [4.78, 5) is 40.6. The minimum Gasteiger partial charge on any atom is -0.494 e. The van der Waals surface area contributed by atoms with E-state index in [9.17, 15) is 14.4 Å². The van der Waals surface area contributed by atoms with Crippen molar-refractivity contribution in [3.63, 3.8) is 0 Å². The van der Waals surface area contributed by atoms with Crippen molar-refractivity contribution >= 4 is 23.5 Å². The Balaban J connectivity index is 1.35. The van der Waals surface area contributed by atoms with Gasteiger partial charge in [-0.1, -0.05) is 18.5 Å². The molecule has 1 aromatic heterocycles. The van der Waals surface area contributed by atoms with Crippen LogP contribution in [0, 0.1) is 6.92 Å². The van der Waals surface area contributed by atoms with Crippen molar-refractivity contribution in [1.29, 1.82) is 0 Å². The third-order valence-corrected chi connectivity index (χ3v) is 5.27. The lowest BCUT2D eigenvalue weighted by atomic mass is 10.2. The number of nitrogens with one attached hydrogen (secondary N) is 2. The van der Waals surface area contributed by atoms with Gasteiger partial charge in [-0.05, 0) is 37.6 Å². The normalized spacial score (nSPS) is 14.1. The standard InChI is InChI=1S/C23H31N5O5/c1-3-4-13-32-19-7-5-18(6-8-19)23(31)24-15-22(30)28-11-9-27(10-12-28)16-21(29)25-20-14-17(2)33-26-20/h5-8,14H,3-4,9-13,15-16H2,1-2H3,(H,24,31)(H,25,26,29). The number of aromatic nitrogens is 1. The molecule has 0 spiro atoms. The molecule has 10 heteroatoms. The Morgan fingerprint density at radius 3 is 2.48 bits per heavy atom. The zero-order chi connectivity index (χ0) is 23.6. The van der Waals surface area contributed by atoms with Gasteiger partial charge in [0, 0.05) is 37.8 Å². The molecule has 1 saturated heterocycles. The maximum atomic E-state index is 12.5. The molecule has 0 bridgehead atoms. The molecule has 2 aromatic rings. The lowest BCUT2D eigenvalue weighted by molar-refractivity contribution is -0.132. The van der Waals surface area contributed by atoms with Gasteiger partial charge in [-0.2, -0.15) is 0 Å². The van der Waals surface area contributed by atoms with E-state index >= 15 is 0 Å². The molecule has 33 heavy (non-hydrogen) atoms. The third-order valence-electron chi connectivity index (χ3n) is 5.27. The van der Waals surface area contributed by atoms with Gasteiger partial charge in [0.2, 0.25) is 11.8 Å². The number of hydrogen-bond acceptors (Lipinski definition) is 7. The molecule has 0 unspecified atom stereocenters. The first-order valence-corrected chi connectivity index (χ1v) is 11.2. The predicted octanol–water partition coefficient (Wildman–Crippen LogP) is 1.67. The van der Waals surface area contributed by atoms with E-state index in [0.717, 1.165) is 18.6 Å². The largest absolute Gasteiger partial charge is 0.494 e. The van der Waals surface area contributed by atoms with E-state index in [1.54, 1.807) is 42.2 Å². The van der Waals surface area contributed by atoms with Crippen molar-refractivity contribution in [1.82, 2.24) is 20.3 Å². The summed E-state index contributed by atoms with van der Waals surface area (Å²) >= 11 is 0. The van der Waals surface area contributed by atoms with Gasteiger partial charge in [-0.25, -0.2) is 0 Å². The Bertz CT molecular complexity index is 935. The second-order valence-corrected chi connectivity index (χ2v) is 7.94. The Morgan fingerprint density at radius 1 is 1.12 bits per heavy atom. The van der Waals surface area contributed by atoms with Crippen LogP contribution in [0.1, 0.15) is 35.9 Å². The van der Waals surface area contributed by atoms with Gasteiger partial charge in [0.1, 0.15) is 11.5 Å². The van der Waals surface area contributed by atoms with Gasteiger partial charge in [0.25, 0.3) is 5.91 Å². The molecule has 0 saturated carbocycles. The molecule has 1 aliphatic rings. The molecule has 3 rings (SSSR count). The summed E-state index contributed by atoms with van der Waals surface area (Å²) in [5, 5.41) is 9.10. The van der Waals surface area contributed by atoms with E-state index < -0.39 is 0 Å². The van der Waals surface area contributed by atoms with Crippen molar-refractivity contribution in [2.24, 2.45) is 0 Å². The van der Waals surface area contributed by atoms with Crippen LogP contribution in [0.4, 0.5) is 5.82 Å². The highest BCUT2D eigenvalue weighted by Gasteiger charge is 2.23. The first-order valence-electron chi connectivity index (χ1n) is 11.2. The SMILES string of the molecule is CCCCOc1ccc(C(=O)NCC(=O)N2CCN(CC(=O)Nc3cc(C)on3)CC2)cc1. The summed E-state index contributed by atoms with van der Waals surface area (Å²) in [6, 6.07) is 8.53.